The number of rotatable bonds is 13. The van der Waals surface area contributed by atoms with Crippen LogP contribution in [0, 0.1) is 10.8 Å². The van der Waals surface area contributed by atoms with E-state index < -0.39 is 0 Å². The molecule has 112 valence electrons. The lowest BCUT2D eigenvalue weighted by Gasteiger charge is -2.07. The lowest BCUT2D eigenvalue weighted by molar-refractivity contribution is 0.627. The Hall–Kier alpha value is -1.10. The van der Waals surface area contributed by atoms with Gasteiger partial charge >= 0.3 is 0 Å². The predicted octanol–water partition coefficient (Wildman–Crippen LogP) is 2.35. The van der Waals surface area contributed by atoms with Crippen LogP contribution in [0.3, 0.4) is 0 Å². The Balaban J connectivity index is 3.19. The molecule has 7 N–H and O–H groups in total. The van der Waals surface area contributed by atoms with Crippen molar-refractivity contribution in [1.29, 1.82) is 10.8 Å². The van der Waals surface area contributed by atoms with Gasteiger partial charge in [-0.05, 0) is 32.2 Å². The lowest BCUT2D eigenvalue weighted by atomic mass is 10.1. The van der Waals surface area contributed by atoms with Crippen LogP contribution >= 0.6 is 0 Å². The fourth-order valence-electron chi connectivity index (χ4n) is 1.92. The van der Waals surface area contributed by atoms with E-state index in [9.17, 15) is 0 Å². The van der Waals surface area contributed by atoms with Crippen LogP contribution in [0.2, 0.25) is 0 Å². The first-order chi connectivity index (χ1) is 9.16. The minimum absolute atomic E-state index is 0.282. The highest BCUT2D eigenvalue weighted by molar-refractivity contribution is 5.78. The molecule has 0 aromatic heterocycles. The van der Waals surface area contributed by atoms with Crippen LogP contribution in [0.15, 0.2) is 0 Å². The molecule has 5 heteroatoms. The summed E-state index contributed by atoms with van der Waals surface area (Å²) in [6.07, 6.45) is 10.4. The molecule has 0 amide bonds. The molecule has 0 unspecified atom stereocenters. The summed E-state index contributed by atoms with van der Waals surface area (Å²) in [5.74, 6) is 0.939. The van der Waals surface area contributed by atoms with Crippen LogP contribution in [0.5, 0.6) is 0 Å². The molecule has 0 aromatic rings. The van der Waals surface area contributed by atoms with E-state index in [0.29, 0.717) is 12.3 Å². The van der Waals surface area contributed by atoms with Gasteiger partial charge < -0.3 is 16.8 Å². The monoisotopic (exact) mass is 269 g/mol. The Morgan fingerprint density at radius 3 is 2.00 bits per heavy atom. The second kappa shape index (κ2) is 13.3. The van der Waals surface area contributed by atoms with Crippen molar-refractivity contribution in [2.45, 2.75) is 64.2 Å². The topological polar surface area (TPSA) is 112 Å². The smallest absolute Gasteiger partial charge is 0.0931 e. The minimum atomic E-state index is 0.282. The lowest BCUT2D eigenvalue weighted by Crippen LogP contribution is -2.23. The average Bonchev–Trinajstić information content (AvgIpc) is 2.37. The molecule has 0 atom stereocenters. The molecule has 0 bridgehead atoms. The van der Waals surface area contributed by atoms with Gasteiger partial charge in [0.2, 0.25) is 0 Å². The quantitative estimate of drug-likeness (QED) is 0.201. The largest absolute Gasteiger partial charge is 0.388 e. The minimum Gasteiger partial charge on any atom is -0.388 e. The highest BCUT2D eigenvalue weighted by Crippen LogP contribution is 2.05. The Labute approximate surface area is 117 Å². The molecule has 0 aromatic carbocycles. The van der Waals surface area contributed by atoms with E-state index in [4.69, 9.17) is 22.3 Å². The third kappa shape index (κ3) is 14.8. The Morgan fingerprint density at radius 2 is 1.37 bits per heavy atom. The zero-order valence-electron chi connectivity index (χ0n) is 12.1. The average molecular weight is 269 g/mol. The van der Waals surface area contributed by atoms with Gasteiger partial charge in [-0.15, -0.1) is 0 Å². The summed E-state index contributed by atoms with van der Waals surface area (Å²) in [7, 11) is 0. The fraction of sp³-hybridized carbons (Fsp3) is 0.857. The second-order valence-electron chi connectivity index (χ2n) is 5.05. The van der Waals surface area contributed by atoms with Crippen molar-refractivity contribution in [1.82, 2.24) is 5.32 Å². The van der Waals surface area contributed by atoms with Crippen LogP contribution < -0.4 is 16.8 Å². The van der Waals surface area contributed by atoms with E-state index >= 15 is 0 Å². The van der Waals surface area contributed by atoms with Crippen LogP contribution in [0.25, 0.3) is 0 Å². The van der Waals surface area contributed by atoms with Crippen LogP contribution in [0.4, 0.5) is 0 Å². The molecule has 0 fully saturated rings. The molecule has 0 rings (SSSR count). The molecule has 0 heterocycles. The van der Waals surface area contributed by atoms with E-state index in [2.05, 4.69) is 5.32 Å². The van der Waals surface area contributed by atoms with Gasteiger partial charge in [-0.2, -0.15) is 0 Å². The van der Waals surface area contributed by atoms with Crippen molar-refractivity contribution in [2.24, 2.45) is 11.5 Å². The summed E-state index contributed by atoms with van der Waals surface area (Å²) in [5.41, 5.74) is 10.7. The molecular weight excluding hydrogens is 238 g/mol. The second-order valence-corrected chi connectivity index (χ2v) is 5.05. The van der Waals surface area contributed by atoms with Gasteiger partial charge in [0.1, 0.15) is 0 Å². The molecular formula is C14H31N5. The van der Waals surface area contributed by atoms with Gasteiger partial charge in [0, 0.05) is 19.4 Å². The molecule has 5 nitrogen and oxygen atoms in total. The molecule has 0 aliphatic carbocycles. The highest BCUT2D eigenvalue weighted by atomic mass is 14.9. The molecule has 0 saturated heterocycles. The summed E-state index contributed by atoms with van der Waals surface area (Å²) in [6, 6.07) is 0. The number of nitrogens with one attached hydrogen (secondary N) is 3. The van der Waals surface area contributed by atoms with Gasteiger partial charge in [-0.3, -0.25) is 10.8 Å². The summed E-state index contributed by atoms with van der Waals surface area (Å²) in [5, 5.41) is 18.0. The van der Waals surface area contributed by atoms with E-state index in [1.807, 2.05) is 0 Å². The maximum Gasteiger partial charge on any atom is 0.0931 e. The maximum atomic E-state index is 7.77. The first-order valence-corrected chi connectivity index (χ1v) is 7.51. The predicted molar refractivity (Wildman–Crippen MR) is 82.9 cm³/mol. The van der Waals surface area contributed by atoms with Crippen LogP contribution in [0.1, 0.15) is 64.2 Å². The highest BCUT2D eigenvalue weighted by Gasteiger charge is 1.97. The molecule has 19 heavy (non-hydrogen) atoms. The van der Waals surface area contributed by atoms with Gasteiger partial charge in [0.25, 0.3) is 0 Å². The van der Waals surface area contributed by atoms with Crippen LogP contribution in [-0.4, -0.2) is 24.8 Å². The van der Waals surface area contributed by atoms with E-state index in [-0.39, 0.29) is 5.84 Å². The van der Waals surface area contributed by atoms with Gasteiger partial charge in [-0.1, -0.05) is 25.7 Å². The van der Waals surface area contributed by atoms with Crippen molar-refractivity contribution >= 4 is 11.7 Å². The van der Waals surface area contributed by atoms with Crippen molar-refractivity contribution < 1.29 is 0 Å². The van der Waals surface area contributed by atoms with E-state index in [0.717, 1.165) is 58.0 Å². The van der Waals surface area contributed by atoms with Crippen molar-refractivity contribution in [3.63, 3.8) is 0 Å². The number of unbranched alkanes of at least 4 members (excludes halogenated alkanes) is 6. The summed E-state index contributed by atoms with van der Waals surface area (Å²) >= 11 is 0. The zero-order valence-corrected chi connectivity index (χ0v) is 12.1. The Morgan fingerprint density at radius 1 is 0.789 bits per heavy atom. The van der Waals surface area contributed by atoms with Crippen molar-refractivity contribution in [3.8, 4) is 0 Å². The Kier molecular flexibility index (Phi) is 12.6. The first-order valence-electron chi connectivity index (χ1n) is 7.51. The number of hydrogen-bond donors (Lipinski definition) is 5. The summed E-state index contributed by atoms with van der Waals surface area (Å²) in [6.45, 7) is 1.70. The summed E-state index contributed by atoms with van der Waals surface area (Å²) < 4.78 is 0. The fourth-order valence-corrected chi connectivity index (χ4v) is 1.92. The van der Waals surface area contributed by atoms with Crippen molar-refractivity contribution in [2.75, 3.05) is 13.1 Å². The third-order valence-corrected chi connectivity index (χ3v) is 3.09. The maximum absolute atomic E-state index is 7.77. The first kappa shape index (κ1) is 17.9. The molecule has 0 spiro atoms. The van der Waals surface area contributed by atoms with Gasteiger partial charge in [-0.25, -0.2) is 0 Å². The third-order valence-electron chi connectivity index (χ3n) is 3.09. The number of amidine groups is 2. The normalized spacial score (nSPS) is 10.4. The summed E-state index contributed by atoms with van der Waals surface area (Å²) in [4.78, 5) is 0. The number of nitrogens with two attached hydrogens (primary N) is 2. The standard InChI is InChI=1S/C14H31N5/c15-11-7-3-4-8-12-19-14(18)10-6-2-1-5-9-13(16)17/h1-12,15H2,(H3,16,17)(H2,18,19). The molecule has 0 radical (unpaired) electrons. The van der Waals surface area contributed by atoms with Gasteiger partial charge in [0.05, 0.1) is 11.7 Å². The number of hydrogen-bond acceptors (Lipinski definition) is 3. The molecule has 0 aliphatic rings. The van der Waals surface area contributed by atoms with Crippen LogP contribution in [-0.2, 0) is 0 Å². The Bertz CT molecular complexity index is 240. The SMILES string of the molecule is N=C(N)CCCCCCC(=N)NCCCCCCN. The molecule has 0 aliphatic heterocycles. The van der Waals surface area contributed by atoms with E-state index in [1.165, 1.54) is 12.8 Å². The zero-order chi connectivity index (χ0) is 14.3. The molecule has 0 saturated carbocycles. The van der Waals surface area contributed by atoms with E-state index in [1.54, 1.807) is 0 Å². The van der Waals surface area contributed by atoms with Crippen molar-refractivity contribution in [3.05, 3.63) is 0 Å². The van der Waals surface area contributed by atoms with Gasteiger partial charge in [0.15, 0.2) is 0 Å².